The second-order valence-corrected chi connectivity index (χ2v) is 2.67. The lowest BCUT2D eigenvalue weighted by molar-refractivity contribution is 0.153. The zero-order valence-corrected chi connectivity index (χ0v) is 7.36. The first-order chi connectivity index (χ1) is 6.36. The van der Waals surface area contributed by atoms with Gasteiger partial charge in [0, 0.05) is 0 Å². The van der Waals surface area contributed by atoms with Crippen molar-refractivity contribution in [2.75, 3.05) is 6.61 Å². The molecule has 0 amide bonds. The maximum Gasteiger partial charge on any atom is 0.107 e. The summed E-state index contributed by atoms with van der Waals surface area (Å²) in [5, 5.41) is 8.78. The average Bonchev–Trinajstić information content (AvgIpc) is 2.19. The second kappa shape index (κ2) is 5.36. The molecule has 1 rings (SSSR count). The Labute approximate surface area is 78.2 Å². The third kappa shape index (κ3) is 3.29. The molecule has 0 aromatic heterocycles. The normalized spacial score (nSPS) is 9.54. The Morgan fingerprint density at radius 1 is 1.23 bits per heavy atom. The van der Waals surface area contributed by atoms with Crippen LogP contribution in [-0.4, -0.2) is 11.7 Å². The Kier molecular flexibility index (Phi) is 4.04. The van der Waals surface area contributed by atoms with Crippen LogP contribution in [0.5, 0.6) is 0 Å². The molecule has 0 fully saturated rings. The summed E-state index contributed by atoms with van der Waals surface area (Å²) in [5.74, 6) is 2.40. The maximum absolute atomic E-state index is 8.78. The summed E-state index contributed by atoms with van der Waals surface area (Å²) in [6.07, 6.45) is 5.03. The maximum atomic E-state index is 8.78. The van der Waals surface area contributed by atoms with Crippen LogP contribution in [0, 0.1) is 12.3 Å². The molecule has 13 heavy (non-hydrogen) atoms. The van der Waals surface area contributed by atoms with Crippen molar-refractivity contribution in [1.82, 2.24) is 0 Å². The van der Waals surface area contributed by atoms with E-state index in [0.717, 1.165) is 11.1 Å². The predicted octanol–water partition coefficient (Wildman–Crippen LogP) is 1.33. The quantitative estimate of drug-likeness (QED) is 0.554. The Morgan fingerprint density at radius 2 is 1.85 bits per heavy atom. The van der Waals surface area contributed by atoms with Crippen LogP contribution in [0.1, 0.15) is 11.1 Å². The van der Waals surface area contributed by atoms with Crippen molar-refractivity contribution in [2.45, 2.75) is 13.2 Å². The zero-order chi connectivity index (χ0) is 9.52. The summed E-state index contributed by atoms with van der Waals surface area (Å²) in [5.41, 5.74) is 1.97. The number of ether oxygens (including phenoxy) is 1. The van der Waals surface area contributed by atoms with Crippen molar-refractivity contribution in [1.29, 1.82) is 0 Å². The zero-order valence-electron chi connectivity index (χ0n) is 7.36. The highest BCUT2D eigenvalue weighted by atomic mass is 16.5. The first-order valence-electron chi connectivity index (χ1n) is 4.06. The van der Waals surface area contributed by atoms with Crippen molar-refractivity contribution in [2.24, 2.45) is 0 Å². The van der Waals surface area contributed by atoms with E-state index >= 15 is 0 Å². The Balaban J connectivity index is 2.45. The van der Waals surface area contributed by atoms with E-state index in [4.69, 9.17) is 16.3 Å². The van der Waals surface area contributed by atoms with Crippen LogP contribution in [0.2, 0.25) is 0 Å². The van der Waals surface area contributed by atoms with Crippen LogP contribution < -0.4 is 0 Å². The van der Waals surface area contributed by atoms with Gasteiger partial charge in [0.1, 0.15) is 6.61 Å². The molecule has 1 aromatic rings. The smallest absolute Gasteiger partial charge is 0.107 e. The monoisotopic (exact) mass is 176 g/mol. The van der Waals surface area contributed by atoms with Crippen LogP contribution in [0.3, 0.4) is 0 Å². The van der Waals surface area contributed by atoms with Crippen LogP contribution >= 0.6 is 0 Å². The van der Waals surface area contributed by atoms with E-state index in [0.29, 0.717) is 13.2 Å². The molecule has 1 N–H and O–H groups in total. The van der Waals surface area contributed by atoms with Gasteiger partial charge in [-0.15, -0.1) is 6.42 Å². The van der Waals surface area contributed by atoms with E-state index in [-0.39, 0.29) is 6.61 Å². The van der Waals surface area contributed by atoms with Gasteiger partial charge in [-0.2, -0.15) is 0 Å². The lowest BCUT2D eigenvalue weighted by Gasteiger charge is -2.01. The van der Waals surface area contributed by atoms with Gasteiger partial charge in [-0.05, 0) is 11.1 Å². The van der Waals surface area contributed by atoms with E-state index in [1.54, 1.807) is 0 Å². The highest BCUT2D eigenvalue weighted by Crippen LogP contribution is 2.05. The third-order valence-electron chi connectivity index (χ3n) is 1.66. The minimum Gasteiger partial charge on any atom is -0.392 e. The Hall–Kier alpha value is -1.30. The molecular weight excluding hydrogens is 164 g/mol. The summed E-state index contributed by atoms with van der Waals surface area (Å²) in [4.78, 5) is 0. The number of benzene rings is 1. The molecule has 0 aliphatic carbocycles. The van der Waals surface area contributed by atoms with Gasteiger partial charge in [0.25, 0.3) is 0 Å². The van der Waals surface area contributed by atoms with E-state index in [1.165, 1.54) is 0 Å². The molecule has 0 atom stereocenters. The number of hydrogen-bond donors (Lipinski definition) is 1. The first-order valence-corrected chi connectivity index (χ1v) is 4.06. The lowest BCUT2D eigenvalue weighted by atomic mass is 10.1. The van der Waals surface area contributed by atoms with Crippen molar-refractivity contribution in [3.63, 3.8) is 0 Å². The van der Waals surface area contributed by atoms with Crippen LogP contribution in [0.4, 0.5) is 0 Å². The van der Waals surface area contributed by atoms with Gasteiger partial charge in [-0.25, -0.2) is 0 Å². The molecule has 1 aromatic carbocycles. The van der Waals surface area contributed by atoms with Gasteiger partial charge in [0.05, 0.1) is 13.2 Å². The summed E-state index contributed by atoms with van der Waals surface area (Å²) in [6, 6.07) is 7.58. The van der Waals surface area contributed by atoms with Crippen LogP contribution in [0.25, 0.3) is 0 Å². The van der Waals surface area contributed by atoms with E-state index in [2.05, 4.69) is 5.92 Å². The van der Waals surface area contributed by atoms with Crippen LogP contribution in [-0.2, 0) is 18.0 Å². The minimum atomic E-state index is 0.0749. The van der Waals surface area contributed by atoms with Gasteiger partial charge >= 0.3 is 0 Å². The molecule has 0 aliphatic rings. The molecule has 0 unspecified atom stereocenters. The summed E-state index contributed by atoms with van der Waals surface area (Å²) < 4.78 is 5.14. The summed E-state index contributed by atoms with van der Waals surface area (Å²) in [7, 11) is 0. The summed E-state index contributed by atoms with van der Waals surface area (Å²) in [6.45, 7) is 0.934. The van der Waals surface area contributed by atoms with Gasteiger partial charge in [0.2, 0.25) is 0 Å². The molecule has 0 spiro atoms. The van der Waals surface area contributed by atoms with Gasteiger partial charge < -0.3 is 9.84 Å². The molecule has 0 radical (unpaired) electrons. The fraction of sp³-hybridized carbons (Fsp3) is 0.273. The van der Waals surface area contributed by atoms with Crippen molar-refractivity contribution in [3.8, 4) is 12.3 Å². The molecule has 0 heterocycles. The second-order valence-electron chi connectivity index (χ2n) is 2.67. The lowest BCUT2D eigenvalue weighted by Crippen LogP contribution is -1.93. The Bertz CT molecular complexity index is 282. The number of aliphatic hydroxyl groups is 1. The number of rotatable bonds is 4. The Morgan fingerprint density at radius 3 is 2.38 bits per heavy atom. The van der Waals surface area contributed by atoms with Gasteiger partial charge in [-0.3, -0.25) is 0 Å². The van der Waals surface area contributed by atoms with E-state index in [9.17, 15) is 0 Å². The molecule has 2 nitrogen and oxygen atoms in total. The minimum absolute atomic E-state index is 0.0749. The third-order valence-corrected chi connectivity index (χ3v) is 1.66. The topological polar surface area (TPSA) is 29.5 Å². The molecule has 0 saturated carbocycles. The molecular formula is C11H12O2. The highest BCUT2D eigenvalue weighted by Gasteiger charge is 1.92. The number of terminal acetylenes is 1. The molecule has 68 valence electrons. The van der Waals surface area contributed by atoms with E-state index < -0.39 is 0 Å². The standard InChI is InChI=1S/C11H12O2/c1-2-7-13-9-11-5-3-10(8-12)4-6-11/h1,3-6,12H,7-9H2. The fourth-order valence-corrected chi connectivity index (χ4v) is 0.969. The SMILES string of the molecule is C#CCOCc1ccc(CO)cc1. The fourth-order valence-electron chi connectivity index (χ4n) is 0.969. The van der Waals surface area contributed by atoms with Gasteiger partial charge in [0.15, 0.2) is 0 Å². The first kappa shape index (κ1) is 9.79. The van der Waals surface area contributed by atoms with Gasteiger partial charge in [-0.1, -0.05) is 30.2 Å². The number of hydrogen-bond acceptors (Lipinski definition) is 2. The van der Waals surface area contributed by atoms with Crippen molar-refractivity contribution in [3.05, 3.63) is 35.4 Å². The van der Waals surface area contributed by atoms with Crippen molar-refractivity contribution < 1.29 is 9.84 Å². The molecule has 0 bridgehead atoms. The average molecular weight is 176 g/mol. The predicted molar refractivity (Wildman–Crippen MR) is 50.9 cm³/mol. The molecule has 0 aliphatic heterocycles. The highest BCUT2D eigenvalue weighted by molar-refractivity contribution is 5.21. The van der Waals surface area contributed by atoms with Crippen molar-refractivity contribution >= 4 is 0 Å². The van der Waals surface area contributed by atoms with Crippen LogP contribution in [0.15, 0.2) is 24.3 Å². The van der Waals surface area contributed by atoms with E-state index in [1.807, 2.05) is 24.3 Å². The number of aliphatic hydroxyl groups excluding tert-OH is 1. The molecule has 0 saturated heterocycles. The largest absolute Gasteiger partial charge is 0.392 e. The molecule has 2 heteroatoms. The summed E-state index contributed by atoms with van der Waals surface area (Å²) >= 11 is 0.